The second kappa shape index (κ2) is 13.4. The fourth-order valence-electron chi connectivity index (χ4n) is 3.49. The zero-order valence-corrected chi connectivity index (χ0v) is 23.3. The van der Waals surface area contributed by atoms with Crippen molar-refractivity contribution in [3.63, 3.8) is 0 Å². The van der Waals surface area contributed by atoms with Crippen molar-refractivity contribution in [2.45, 2.75) is 125 Å². The van der Waals surface area contributed by atoms with Crippen LogP contribution in [0, 0.1) is 11.3 Å². The molecule has 5 atom stereocenters. The molecule has 0 heterocycles. The van der Waals surface area contributed by atoms with Gasteiger partial charge in [-0.15, -0.1) is 0 Å². The summed E-state index contributed by atoms with van der Waals surface area (Å²) >= 11 is 0. The fourth-order valence-corrected chi connectivity index (χ4v) is 3.49. The van der Waals surface area contributed by atoms with E-state index in [1.807, 2.05) is 13.8 Å². The average molecular weight is 502 g/mol. The summed E-state index contributed by atoms with van der Waals surface area (Å²) in [4.78, 5) is 37.7. The highest BCUT2D eigenvalue weighted by atomic mass is 16.6. The maximum Gasteiger partial charge on any atom is 0.407 e. The Kier molecular flexibility index (Phi) is 12.6. The molecule has 0 aliphatic heterocycles. The van der Waals surface area contributed by atoms with Crippen LogP contribution >= 0.6 is 0 Å². The number of ether oxygens (including phenoxy) is 2. The molecule has 0 aliphatic carbocycles. The molecule has 4 N–H and O–H groups in total. The van der Waals surface area contributed by atoms with Crippen molar-refractivity contribution in [1.82, 2.24) is 5.32 Å². The SMILES string of the molecule is CC[C@H](O)C(C)(C)C(=O)[C@H](O)/C(C)=C(\C)C(C)OC(=O)C(O)[C@H](CC(C)C)NC(=O)OC(C)(C)C. The summed E-state index contributed by atoms with van der Waals surface area (Å²) in [6.07, 6.45) is -5.01. The highest BCUT2D eigenvalue weighted by Crippen LogP contribution is 2.29. The number of alkyl carbamates (subject to hydrolysis) is 1. The Balaban J connectivity index is 5.54. The number of nitrogens with one attached hydrogen (secondary N) is 1. The number of Topliss-reactive ketones (excluding diaryl/α,β-unsaturated/α-hetero) is 1. The van der Waals surface area contributed by atoms with Gasteiger partial charge in [0.25, 0.3) is 0 Å². The molecule has 0 saturated carbocycles. The number of ketones is 1. The molecule has 1 amide bonds. The van der Waals surface area contributed by atoms with E-state index in [0.29, 0.717) is 24.0 Å². The molecule has 2 unspecified atom stereocenters. The largest absolute Gasteiger partial charge is 0.456 e. The van der Waals surface area contributed by atoms with Gasteiger partial charge in [0.15, 0.2) is 11.9 Å². The number of hydrogen-bond acceptors (Lipinski definition) is 8. The zero-order valence-electron chi connectivity index (χ0n) is 23.3. The minimum atomic E-state index is -1.65. The first-order valence-electron chi connectivity index (χ1n) is 12.2. The van der Waals surface area contributed by atoms with Crippen LogP contribution in [0.3, 0.4) is 0 Å². The number of aliphatic hydroxyl groups excluding tert-OH is 3. The van der Waals surface area contributed by atoms with Gasteiger partial charge in [-0.05, 0) is 71.4 Å². The predicted octanol–water partition coefficient (Wildman–Crippen LogP) is 3.28. The minimum Gasteiger partial charge on any atom is -0.456 e. The van der Waals surface area contributed by atoms with E-state index in [2.05, 4.69) is 5.32 Å². The van der Waals surface area contributed by atoms with Gasteiger partial charge >= 0.3 is 12.1 Å². The Morgan fingerprint density at radius 3 is 1.86 bits per heavy atom. The van der Waals surface area contributed by atoms with Crippen LogP contribution in [0.1, 0.15) is 89.0 Å². The highest BCUT2D eigenvalue weighted by molar-refractivity contribution is 5.91. The van der Waals surface area contributed by atoms with Crippen molar-refractivity contribution >= 4 is 17.8 Å². The molecule has 0 spiro atoms. The predicted molar refractivity (Wildman–Crippen MR) is 134 cm³/mol. The number of rotatable bonds is 12. The third-order valence-corrected chi connectivity index (χ3v) is 6.09. The van der Waals surface area contributed by atoms with Gasteiger partial charge < -0.3 is 30.1 Å². The van der Waals surface area contributed by atoms with E-state index < -0.39 is 59.3 Å². The summed E-state index contributed by atoms with van der Waals surface area (Å²) < 4.78 is 10.6. The average Bonchev–Trinajstić information content (AvgIpc) is 2.73. The summed E-state index contributed by atoms with van der Waals surface area (Å²) in [5, 5.41) is 34.0. The molecular weight excluding hydrogens is 454 g/mol. The zero-order chi connectivity index (χ0) is 27.9. The van der Waals surface area contributed by atoms with E-state index in [1.165, 1.54) is 0 Å². The molecular formula is C26H47NO8. The summed E-state index contributed by atoms with van der Waals surface area (Å²) in [6, 6.07) is -0.932. The third kappa shape index (κ3) is 10.3. The van der Waals surface area contributed by atoms with E-state index in [4.69, 9.17) is 9.47 Å². The Morgan fingerprint density at radius 1 is 0.914 bits per heavy atom. The lowest BCUT2D eigenvalue weighted by atomic mass is 9.77. The fraction of sp³-hybridized carbons (Fsp3) is 0.808. The quantitative estimate of drug-likeness (QED) is 0.236. The molecule has 0 rings (SSSR count). The standard InChI is InChI=1S/C26H47NO8/c1-12-19(28)26(10,11)22(31)20(29)16(5)15(4)17(6)34-23(32)21(30)18(13-14(2)3)27-24(33)35-25(7,8)9/h14,17-21,28-30H,12-13H2,1-11H3,(H,27,33)/b16-15+/t17?,18-,19-,20+,21?/m0/s1. The van der Waals surface area contributed by atoms with Crippen LogP contribution in [0.4, 0.5) is 4.79 Å². The summed E-state index contributed by atoms with van der Waals surface area (Å²) in [5.41, 5.74) is -1.17. The van der Waals surface area contributed by atoms with Crippen LogP contribution in [0.15, 0.2) is 11.1 Å². The highest BCUT2D eigenvalue weighted by Gasteiger charge is 2.39. The summed E-state index contributed by atoms with van der Waals surface area (Å²) in [6.45, 7) is 18.5. The lowest BCUT2D eigenvalue weighted by Crippen LogP contribution is -2.50. The van der Waals surface area contributed by atoms with Crippen LogP contribution in [-0.4, -0.2) is 69.2 Å². The topological polar surface area (TPSA) is 142 Å². The molecule has 204 valence electrons. The summed E-state index contributed by atoms with van der Waals surface area (Å²) in [5.74, 6) is -1.43. The van der Waals surface area contributed by atoms with E-state index in [1.54, 1.807) is 62.3 Å². The van der Waals surface area contributed by atoms with Gasteiger partial charge in [0, 0.05) is 0 Å². The molecule has 35 heavy (non-hydrogen) atoms. The van der Waals surface area contributed by atoms with Crippen molar-refractivity contribution in [2.75, 3.05) is 0 Å². The van der Waals surface area contributed by atoms with Crippen LogP contribution in [0.25, 0.3) is 0 Å². The van der Waals surface area contributed by atoms with E-state index in [0.717, 1.165) is 0 Å². The normalized spacial score (nSPS) is 17.6. The van der Waals surface area contributed by atoms with Gasteiger partial charge in [-0.3, -0.25) is 4.79 Å². The number of aliphatic hydroxyl groups is 3. The second-order valence-electron chi connectivity index (χ2n) is 11.2. The Morgan fingerprint density at radius 2 is 1.43 bits per heavy atom. The number of carbonyl (C=O) groups excluding carboxylic acids is 3. The Bertz CT molecular complexity index is 766. The van der Waals surface area contributed by atoms with Crippen molar-refractivity contribution in [2.24, 2.45) is 11.3 Å². The lowest BCUT2D eigenvalue weighted by Gasteiger charge is -2.31. The van der Waals surface area contributed by atoms with Gasteiger partial charge in [-0.2, -0.15) is 0 Å². The Labute approximate surface area is 210 Å². The maximum atomic E-state index is 12.8. The number of hydrogen-bond donors (Lipinski definition) is 4. The van der Waals surface area contributed by atoms with Crippen LogP contribution < -0.4 is 5.32 Å². The number of esters is 1. The first-order valence-corrected chi connectivity index (χ1v) is 12.2. The third-order valence-electron chi connectivity index (χ3n) is 6.09. The maximum absolute atomic E-state index is 12.8. The molecule has 0 bridgehead atoms. The Hall–Kier alpha value is -1.97. The number of amides is 1. The lowest BCUT2D eigenvalue weighted by molar-refractivity contribution is -0.158. The number of carbonyl (C=O) groups is 3. The molecule has 0 fully saturated rings. The van der Waals surface area contributed by atoms with Crippen molar-refractivity contribution < 1.29 is 39.2 Å². The van der Waals surface area contributed by atoms with Crippen LogP contribution in [0.2, 0.25) is 0 Å². The smallest absolute Gasteiger partial charge is 0.407 e. The molecule has 0 aromatic heterocycles. The van der Waals surface area contributed by atoms with Gasteiger partial charge in [-0.25, -0.2) is 9.59 Å². The van der Waals surface area contributed by atoms with E-state index in [-0.39, 0.29) is 5.92 Å². The molecule has 9 heteroatoms. The molecule has 0 saturated heterocycles. The van der Waals surface area contributed by atoms with E-state index in [9.17, 15) is 29.7 Å². The van der Waals surface area contributed by atoms with E-state index >= 15 is 0 Å². The summed E-state index contributed by atoms with van der Waals surface area (Å²) in [7, 11) is 0. The van der Waals surface area contributed by atoms with Crippen LogP contribution in [-0.2, 0) is 19.1 Å². The van der Waals surface area contributed by atoms with Crippen molar-refractivity contribution in [3.05, 3.63) is 11.1 Å². The first-order chi connectivity index (χ1) is 15.8. The first kappa shape index (κ1) is 33.0. The van der Waals surface area contributed by atoms with Gasteiger partial charge in [0.1, 0.15) is 17.8 Å². The molecule has 0 radical (unpaired) electrons. The molecule has 0 aromatic carbocycles. The van der Waals surface area contributed by atoms with Gasteiger partial charge in [0.05, 0.1) is 17.6 Å². The monoisotopic (exact) mass is 501 g/mol. The van der Waals surface area contributed by atoms with Gasteiger partial charge in [-0.1, -0.05) is 34.6 Å². The van der Waals surface area contributed by atoms with Crippen molar-refractivity contribution in [1.29, 1.82) is 0 Å². The molecule has 0 aliphatic rings. The van der Waals surface area contributed by atoms with Gasteiger partial charge in [0.2, 0.25) is 0 Å². The molecule has 9 nitrogen and oxygen atoms in total. The minimum absolute atomic E-state index is 0.0571. The second-order valence-corrected chi connectivity index (χ2v) is 11.2. The van der Waals surface area contributed by atoms with Crippen LogP contribution in [0.5, 0.6) is 0 Å². The molecule has 0 aromatic rings. The van der Waals surface area contributed by atoms with Crippen molar-refractivity contribution in [3.8, 4) is 0 Å².